The molecule has 3 N–H and O–H groups in total. The molecule has 1 heterocycles. The molecule has 0 aliphatic carbocycles. The van der Waals surface area contributed by atoms with Crippen LogP contribution >= 0.6 is 0 Å². The molecule has 0 saturated carbocycles. The van der Waals surface area contributed by atoms with E-state index in [1.165, 1.54) is 5.56 Å². The predicted octanol–water partition coefficient (Wildman–Crippen LogP) is 2.01. The van der Waals surface area contributed by atoms with Crippen molar-refractivity contribution < 1.29 is 4.74 Å². The van der Waals surface area contributed by atoms with E-state index in [4.69, 9.17) is 4.74 Å². The summed E-state index contributed by atoms with van der Waals surface area (Å²) < 4.78 is 5.77. The van der Waals surface area contributed by atoms with E-state index in [1.54, 1.807) is 0 Å². The van der Waals surface area contributed by atoms with Crippen LogP contribution in [0.2, 0.25) is 0 Å². The standard InChI is InChI=1S/C18H20N4O2/c23-18-20-17(21-22-18)13-19-12-15-6-8-16(9-7-15)24-11-10-14-4-2-1-3-5-14/h1-9,19H,10-13H2,(H2,20,21,22,23). The van der Waals surface area contributed by atoms with Gasteiger partial charge in [0.2, 0.25) is 0 Å². The zero-order chi connectivity index (χ0) is 16.6. The second kappa shape index (κ2) is 8.12. The first-order valence-corrected chi connectivity index (χ1v) is 7.89. The molecule has 3 aromatic rings. The van der Waals surface area contributed by atoms with Gasteiger partial charge < -0.3 is 10.1 Å². The lowest BCUT2D eigenvalue weighted by molar-refractivity contribution is 0.322. The number of benzene rings is 2. The highest BCUT2D eigenvalue weighted by molar-refractivity contribution is 5.27. The summed E-state index contributed by atoms with van der Waals surface area (Å²) >= 11 is 0. The molecule has 0 saturated heterocycles. The van der Waals surface area contributed by atoms with Crippen molar-refractivity contribution in [2.24, 2.45) is 0 Å². The van der Waals surface area contributed by atoms with Gasteiger partial charge in [-0.1, -0.05) is 42.5 Å². The normalized spacial score (nSPS) is 10.7. The molecule has 2 aromatic carbocycles. The maximum absolute atomic E-state index is 10.9. The van der Waals surface area contributed by atoms with Crippen molar-refractivity contribution in [2.45, 2.75) is 19.5 Å². The lowest BCUT2D eigenvalue weighted by Crippen LogP contribution is -2.14. The van der Waals surface area contributed by atoms with Crippen LogP contribution in [0.5, 0.6) is 5.75 Å². The van der Waals surface area contributed by atoms with Gasteiger partial charge in [0.05, 0.1) is 13.2 Å². The SMILES string of the molecule is O=c1[nH]nc(CNCc2ccc(OCCc3ccccc3)cc2)[nH]1. The van der Waals surface area contributed by atoms with Crippen LogP contribution in [-0.2, 0) is 19.5 Å². The number of hydrogen-bond acceptors (Lipinski definition) is 4. The lowest BCUT2D eigenvalue weighted by atomic mass is 10.2. The van der Waals surface area contributed by atoms with Crippen molar-refractivity contribution >= 4 is 0 Å². The number of nitrogens with one attached hydrogen (secondary N) is 3. The van der Waals surface area contributed by atoms with E-state index in [1.807, 2.05) is 42.5 Å². The van der Waals surface area contributed by atoms with Gasteiger partial charge in [-0.3, -0.25) is 4.98 Å². The largest absolute Gasteiger partial charge is 0.493 e. The molecule has 0 amide bonds. The first kappa shape index (κ1) is 16.0. The first-order valence-electron chi connectivity index (χ1n) is 7.89. The summed E-state index contributed by atoms with van der Waals surface area (Å²) in [6, 6.07) is 18.3. The molecular formula is C18H20N4O2. The minimum absolute atomic E-state index is 0.288. The van der Waals surface area contributed by atoms with Crippen LogP contribution in [0.15, 0.2) is 59.4 Å². The van der Waals surface area contributed by atoms with Crippen LogP contribution in [0, 0.1) is 0 Å². The highest BCUT2D eigenvalue weighted by atomic mass is 16.5. The summed E-state index contributed by atoms with van der Waals surface area (Å²) in [5.41, 5.74) is 2.13. The molecule has 0 radical (unpaired) electrons. The van der Waals surface area contributed by atoms with Crippen molar-refractivity contribution in [2.75, 3.05) is 6.61 Å². The number of hydrogen-bond donors (Lipinski definition) is 3. The smallest absolute Gasteiger partial charge is 0.340 e. The molecule has 0 fully saturated rings. The van der Waals surface area contributed by atoms with E-state index in [9.17, 15) is 4.79 Å². The van der Waals surface area contributed by atoms with Crippen LogP contribution in [0.4, 0.5) is 0 Å². The minimum Gasteiger partial charge on any atom is -0.493 e. The third-order valence-corrected chi connectivity index (χ3v) is 3.60. The van der Waals surface area contributed by atoms with Gasteiger partial charge >= 0.3 is 5.69 Å². The van der Waals surface area contributed by atoms with E-state index < -0.39 is 0 Å². The van der Waals surface area contributed by atoms with Gasteiger partial charge in [-0.05, 0) is 23.3 Å². The Hall–Kier alpha value is -2.86. The number of H-pyrrole nitrogens is 2. The Kier molecular flexibility index (Phi) is 5.42. The Balaban J connectivity index is 1.40. The van der Waals surface area contributed by atoms with Crippen LogP contribution < -0.4 is 15.7 Å². The molecule has 0 spiro atoms. The Morgan fingerprint density at radius 2 is 1.75 bits per heavy atom. The highest BCUT2D eigenvalue weighted by Crippen LogP contribution is 2.13. The van der Waals surface area contributed by atoms with E-state index in [2.05, 4.69) is 32.6 Å². The van der Waals surface area contributed by atoms with E-state index in [-0.39, 0.29) is 5.69 Å². The molecule has 0 aliphatic heterocycles. The molecule has 0 atom stereocenters. The number of aromatic amines is 2. The monoisotopic (exact) mass is 324 g/mol. The van der Waals surface area contributed by atoms with Gasteiger partial charge in [-0.15, -0.1) is 0 Å². The maximum Gasteiger partial charge on any atom is 0.340 e. The van der Waals surface area contributed by atoms with Crippen molar-refractivity contribution in [1.82, 2.24) is 20.5 Å². The Bertz CT molecular complexity index is 794. The quantitative estimate of drug-likeness (QED) is 0.592. The molecular weight excluding hydrogens is 304 g/mol. The van der Waals surface area contributed by atoms with E-state index in [0.717, 1.165) is 17.7 Å². The summed E-state index contributed by atoms with van der Waals surface area (Å²) in [6.07, 6.45) is 0.895. The zero-order valence-electron chi connectivity index (χ0n) is 13.3. The fourth-order valence-corrected chi connectivity index (χ4v) is 2.35. The first-order chi connectivity index (χ1) is 11.8. The lowest BCUT2D eigenvalue weighted by Gasteiger charge is -2.08. The maximum atomic E-state index is 10.9. The summed E-state index contributed by atoms with van der Waals surface area (Å²) in [5, 5.41) is 9.40. The van der Waals surface area contributed by atoms with Gasteiger partial charge in [0.25, 0.3) is 0 Å². The van der Waals surface area contributed by atoms with E-state index >= 15 is 0 Å². The second-order valence-corrected chi connectivity index (χ2v) is 5.46. The van der Waals surface area contributed by atoms with Gasteiger partial charge in [0, 0.05) is 13.0 Å². The van der Waals surface area contributed by atoms with Crippen LogP contribution in [0.1, 0.15) is 17.0 Å². The van der Waals surface area contributed by atoms with E-state index in [0.29, 0.717) is 25.5 Å². The molecule has 124 valence electrons. The Morgan fingerprint density at radius 1 is 0.958 bits per heavy atom. The molecule has 6 heteroatoms. The fourth-order valence-electron chi connectivity index (χ4n) is 2.35. The van der Waals surface area contributed by atoms with Gasteiger partial charge in [0.1, 0.15) is 11.6 Å². The second-order valence-electron chi connectivity index (χ2n) is 5.46. The molecule has 6 nitrogen and oxygen atoms in total. The number of rotatable bonds is 8. The number of nitrogens with zero attached hydrogens (tertiary/aromatic N) is 1. The Labute approximate surface area is 139 Å². The number of aromatic nitrogens is 3. The molecule has 0 bridgehead atoms. The third kappa shape index (κ3) is 4.82. The van der Waals surface area contributed by atoms with Crippen LogP contribution in [-0.4, -0.2) is 21.8 Å². The van der Waals surface area contributed by atoms with Crippen LogP contribution in [0.25, 0.3) is 0 Å². The summed E-state index contributed by atoms with van der Waals surface area (Å²) in [6.45, 7) is 1.86. The minimum atomic E-state index is -0.288. The summed E-state index contributed by atoms with van der Waals surface area (Å²) in [7, 11) is 0. The highest BCUT2D eigenvalue weighted by Gasteiger charge is 1.99. The average molecular weight is 324 g/mol. The molecule has 1 aromatic heterocycles. The van der Waals surface area contributed by atoms with Crippen molar-refractivity contribution in [3.8, 4) is 5.75 Å². The van der Waals surface area contributed by atoms with Gasteiger partial charge in [-0.25, -0.2) is 9.89 Å². The van der Waals surface area contributed by atoms with Crippen molar-refractivity contribution in [3.63, 3.8) is 0 Å². The van der Waals surface area contributed by atoms with Crippen molar-refractivity contribution in [3.05, 3.63) is 82.0 Å². The predicted molar refractivity (Wildman–Crippen MR) is 91.8 cm³/mol. The summed E-state index contributed by atoms with van der Waals surface area (Å²) in [5.74, 6) is 1.46. The number of ether oxygens (including phenoxy) is 1. The van der Waals surface area contributed by atoms with Gasteiger partial charge in [-0.2, -0.15) is 5.10 Å². The van der Waals surface area contributed by atoms with Gasteiger partial charge in [0.15, 0.2) is 0 Å². The molecule has 24 heavy (non-hydrogen) atoms. The van der Waals surface area contributed by atoms with Crippen LogP contribution in [0.3, 0.4) is 0 Å². The molecule has 3 rings (SSSR count). The zero-order valence-corrected chi connectivity index (χ0v) is 13.3. The summed E-state index contributed by atoms with van der Waals surface area (Å²) in [4.78, 5) is 13.5. The third-order valence-electron chi connectivity index (χ3n) is 3.60. The molecule has 0 aliphatic rings. The fraction of sp³-hybridized carbons (Fsp3) is 0.222. The molecule has 0 unspecified atom stereocenters. The average Bonchev–Trinajstić information content (AvgIpc) is 3.03. The topological polar surface area (TPSA) is 82.8 Å². The Morgan fingerprint density at radius 3 is 2.46 bits per heavy atom. The van der Waals surface area contributed by atoms with Crippen molar-refractivity contribution in [1.29, 1.82) is 0 Å².